The molecule has 0 atom stereocenters. The quantitative estimate of drug-likeness (QED) is 0.231. The van der Waals surface area contributed by atoms with Crippen LogP contribution in [0.4, 0.5) is 10.5 Å². The van der Waals surface area contributed by atoms with E-state index < -0.39 is 12.0 Å². The van der Waals surface area contributed by atoms with E-state index in [4.69, 9.17) is 9.94 Å². The monoisotopic (exact) mass is 361 g/mol. The molecule has 0 saturated heterocycles. The molecule has 2 amide bonds. The topological polar surface area (TPSA) is 91.2 Å². The van der Waals surface area contributed by atoms with E-state index in [0.717, 1.165) is 12.0 Å². The number of anilines is 1. The molecule has 2 N–H and O–H groups in total. The van der Waals surface area contributed by atoms with Crippen molar-refractivity contribution in [1.82, 2.24) is 4.90 Å². The number of amides is 2. The van der Waals surface area contributed by atoms with Gasteiger partial charge in [-0.1, -0.05) is 42.8 Å². The summed E-state index contributed by atoms with van der Waals surface area (Å²) in [6.45, 7) is 6.01. The van der Waals surface area contributed by atoms with Crippen LogP contribution in [0.5, 0.6) is 0 Å². The minimum absolute atomic E-state index is 0.125. The number of urea groups is 1. The summed E-state index contributed by atoms with van der Waals surface area (Å²) in [5.74, 6) is -0.453. The molecule has 1 rings (SSSR count). The van der Waals surface area contributed by atoms with Crippen LogP contribution in [0.2, 0.25) is 0 Å². The smallest absolute Gasteiger partial charge is 0.325 e. The van der Waals surface area contributed by atoms with Crippen molar-refractivity contribution >= 4 is 23.4 Å². The Bertz CT molecular complexity index is 639. The molecule has 26 heavy (non-hydrogen) atoms. The maximum absolute atomic E-state index is 12.4. The predicted octanol–water partition coefficient (Wildman–Crippen LogP) is 3.64. The maximum Gasteiger partial charge on any atom is 0.325 e. The summed E-state index contributed by atoms with van der Waals surface area (Å²) in [5, 5.41) is 15.1. The van der Waals surface area contributed by atoms with Gasteiger partial charge in [-0.25, -0.2) is 4.79 Å². The van der Waals surface area contributed by atoms with Gasteiger partial charge in [-0.15, -0.1) is 0 Å². The third-order valence-electron chi connectivity index (χ3n) is 3.55. The second-order valence-electron chi connectivity index (χ2n) is 5.56. The van der Waals surface area contributed by atoms with Crippen molar-refractivity contribution < 1.29 is 19.5 Å². The number of allylic oxidation sites excluding steroid dienone is 1. The summed E-state index contributed by atoms with van der Waals surface area (Å²) in [5.41, 5.74) is 1.98. The number of benzene rings is 1. The van der Waals surface area contributed by atoms with E-state index in [1.165, 1.54) is 4.90 Å². The Morgan fingerprint density at radius 3 is 2.50 bits per heavy atom. The van der Waals surface area contributed by atoms with E-state index in [1.807, 2.05) is 19.9 Å². The van der Waals surface area contributed by atoms with Crippen molar-refractivity contribution in [2.45, 2.75) is 33.6 Å². The van der Waals surface area contributed by atoms with E-state index in [0.29, 0.717) is 24.4 Å². The lowest BCUT2D eigenvalue weighted by Crippen LogP contribution is -2.39. The molecule has 0 aliphatic rings. The van der Waals surface area contributed by atoms with Gasteiger partial charge >= 0.3 is 12.0 Å². The highest BCUT2D eigenvalue weighted by molar-refractivity contribution is 6.00. The molecule has 1 aromatic carbocycles. The highest BCUT2D eigenvalue weighted by atomic mass is 16.5. The van der Waals surface area contributed by atoms with Crippen LogP contribution in [0.25, 0.3) is 0 Å². The zero-order valence-electron chi connectivity index (χ0n) is 15.6. The average Bonchev–Trinajstić information content (AvgIpc) is 2.64. The van der Waals surface area contributed by atoms with Gasteiger partial charge in [0.25, 0.3) is 0 Å². The zero-order valence-corrected chi connectivity index (χ0v) is 15.6. The highest BCUT2D eigenvalue weighted by Gasteiger charge is 2.17. The molecular weight excluding hydrogens is 334 g/mol. The standard InChI is InChI=1S/C19H27N3O4/c1-4-7-13-22(14-18(23)26-6-3)19(24)20-16-11-9-15(10-12-16)17(21-25)8-5-2/h4,7,9-12,25H,5-6,8,13-14H2,1-3H3,(H,20,24). The van der Waals surface area contributed by atoms with Crippen LogP contribution in [0.1, 0.15) is 39.2 Å². The first-order chi connectivity index (χ1) is 12.5. The molecule has 0 fully saturated rings. The molecule has 0 saturated carbocycles. The van der Waals surface area contributed by atoms with Gasteiger partial charge in [-0.05, 0) is 38.0 Å². The number of carbonyl (C=O) groups is 2. The molecule has 0 aliphatic heterocycles. The van der Waals surface area contributed by atoms with Gasteiger partial charge in [-0.2, -0.15) is 0 Å². The van der Waals surface area contributed by atoms with Crippen LogP contribution >= 0.6 is 0 Å². The van der Waals surface area contributed by atoms with Crippen molar-refractivity contribution in [3.63, 3.8) is 0 Å². The van der Waals surface area contributed by atoms with Gasteiger partial charge < -0.3 is 20.2 Å². The lowest BCUT2D eigenvalue weighted by molar-refractivity contribution is -0.143. The molecule has 0 heterocycles. The van der Waals surface area contributed by atoms with E-state index >= 15 is 0 Å². The fourth-order valence-electron chi connectivity index (χ4n) is 2.25. The number of rotatable bonds is 9. The van der Waals surface area contributed by atoms with E-state index in [2.05, 4.69) is 10.5 Å². The minimum atomic E-state index is -0.453. The Balaban J connectivity index is 2.79. The summed E-state index contributed by atoms with van der Waals surface area (Å²) in [6.07, 6.45) is 5.13. The molecule has 0 aromatic heterocycles. The average molecular weight is 361 g/mol. The Morgan fingerprint density at radius 1 is 1.27 bits per heavy atom. The largest absolute Gasteiger partial charge is 0.465 e. The minimum Gasteiger partial charge on any atom is -0.465 e. The zero-order chi connectivity index (χ0) is 19.4. The molecule has 1 aromatic rings. The normalized spacial score (nSPS) is 11.4. The van der Waals surface area contributed by atoms with E-state index in [-0.39, 0.29) is 13.2 Å². The fraction of sp³-hybridized carbons (Fsp3) is 0.421. The second kappa shape index (κ2) is 11.7. The van der Waals surface area contributed by atoms with Crippen LogP contribution in [0.15, 0.2) is 41.6 Å². The first kappa shape index (κ1) is 21.2. The number of hydrogen-bond acceptors (Lipinski definition) is 5. The second-order valence-corrected chi connectivity index (χ2v) is 5.56. The molecule has 0 spiro atoms. The summed E-state index contributed by atoms with van der Waals surface area (Å²) >= 11 is 0. The van der Waals surface area contributed by atoms with Crippen LogP contribution in [-0.2, 0) is 9.53 Å². The molecule has 0 bridgehead atoms. The highest BCUT2D eigenvalue weighted by Crippen LogP contribution is 2.13. The number of hydrogen-bond donors (Lipinski definition) is 2. The Kier molecular flexibility index (Phi) is 9.53. The summed E-state index contributed by atoms with van der Waals surface area (Å²) in [7, 11) is 0. The molecule has 142 valence electrons. The van der Waals surface area contributed by atoms with Crippen LogP contribution in [0, 0.1) is 0 Å². The molecule has 7 nitrogen and oxygen atoms in total. The van der Waals surface area contributed by atoms with Crippen molar-refractivity contribution in [3.05, 3.63) is 42.0 Å². The molecular formula is C19H27N3O4. The summed E-state index contributed by atoms with van der Waals surface area (Å²) < 4.78 is 4.91. The number of carbonyl (C=O) groups excluding carboxylic acids is 2. The predicted molar refractivity (Wildman–Crippen MR) is 102 cm³/mol. The SMILES string of the molecule is CC=CCN(CC(=O)OCC)C(=O)Nc1ccc(C(CCC)=NO)cc1. The van der Waals surface area contributed by atoms with Crippen LogP contribution in [0.3, 0.4) is 0 Å². The van der Waals surface area contributed by atoms with Gasteiger partial charge in [0.2, 0.25) is 0 Å². The molecule has 0 aliphatic carbocycles. The van der Waals surface area contributed by atoms with Gasteiger partial charge in [-0.3, -0.25) is 4.79 Å². The summed E-state index contributed by atoms with van der Waals surface area (Å²) in [6, 6.07) is 6.62. The van der Waals surface area contributed by atoms with Crippen molar-refractivity contribution in [2.75, 3.05) is 25.0 Å². The third-order valence-corrected chi connectivity index (χ3v) is 3.55. The Labute approximate surface area is 154 Å². The Hall–Kier alpha value is -2.83. The van der Waals surface area contributed by atoms with E-state index in [1.54, 1.807) is 37.3 Å². The molecule has 7 heteroatoms. The van der Waals surface area contributed by atoms with Crippen LogP contribution in [-0.4, -0.2) is 47.5 Å². The lowest BCUT2D eigenvalue weighted by Gasteiger charge is -2.20. The van der Waals surface area contributed by atoms with Gasteiger partial charge in [0.15, 0.2) is 0 Å². The van der Waals surface area contributed by atoms with Crippen molar-refractivity contribution in [3.8, 4) is 0 Å². The van der Waals surface area contributed by atoms with Crippen molar-refractivity contribution in [2.24, 2.45) is 5.16 Å². The Morgan fingerprint density at radius 2 is 1.96 bits per heavy atom. The van der Waals surface area contributed by atoms with Gasteiger partial charge in [0.05, 0.1) is 12.3 Å². The van der Waals surface area contributed by atoms with Crippen LogP contribution < -0.4 is 5.32 Å². The van der Waals surface area contributed by atoms with Crippen molar-refractivity contribution in [1.29, 1.82) is 0 Å². The van der Waals surface area contributed by atoms with Gasteiger partial charge in [0.1, 0.15) is 6.54 Å². The molecule has 0 radical (unpaired) electrons. The maximum atomic E-state index is 12.4. The van der Waals surface area contributed by atoms with E-state index in [9.17, 15) is 9.59 Å². The first-order valence-electron chi connectivity index (χ1n) is 8.69. The number of nitrogens with zero attached hydrogens (tertiary/aromatic N) is 2. The third kappa shape index (κ3) is 6.96. The molecule has 0 unspecified atom stereocenters. The number of nitrogens with one attached hydrogen (secondary N) is 1. The first-order valence-corrected chi connectivity index (χ1v) is 8.69. The number of oxime groups is 1. The fourth-order valence-corrected chi connectivity index (χ4v) is 2.25. The lowest BCUT2D eigenvalue weighted by atomic mass is 10.1. The number of esters is 1. The summed E-state index contributed by atoms with van der Waals surface area (Å²) in [4.78, 5) is 25.5. The number of ether oxygens (including phenoxy) is 1. The van der Waals surface area contributed by atoms with Gasteiger partial charge in [0, 0.05) is 12.2 Å².